The summed E-state index contributed by atoms with van der Waals surface area (Å²) in [7, 11) is 0. The van der Waals surface area contributed by atoms with Gasteiger partial charge in [0.25, 0.3) is 5.56 Å². The molecule has 0 aliphatic rings. The summed E-state index contributed by atoms with van der Waals surface area (Å²) in [5.41, 5.74) is 4.74. The molecule has 1 rings (SSSR count). The van der Waals surface area contributed by atoms with Crippen LogP contribution in [0.5, 0.6) is 0 Å². The maximum atomic E-state index is 11.4. The van der Waals surface area contributed by atoms with Gasteiger partial charge >= 0.3 is 5.69 Å². The number of H-pyrrole nitrogens is 1. The van der Waals surface area contributed by atoms with Gasteiger partial charge in [-0.3, -0.25) is 14.3 Å². The van der Waals surface area contributed by atoms with Gasteiger partial charge in [0, 0.05) is 12.6 Å². The first kappa shape index (κ1) is 12.5. The Kier molecular flexibility index (Phi) is 4.34. The Morgan fingerprint density at radius 2 is 2.06 bits per heavy atom. The second kappa shape index (κ2) is 5.53. The Labute approximate surface area is 94.3 Å². The van der Waals surface area contributed by atoms with E-state index in [2.05, 4.69) is 18.8 Å². The minimum absolute atomic E-state index is 0.235. The molecule has 0 saturated heterocycles. The molecule has 0 aromatic carbocycles. The lowest BCUT2D eigenvalue weighted by Gasteiger charge is -2.08. The van der Waals surface area contributed by atoms with Gasteiger partial charge < -0.3 is 5.73 Å². The first-order chi connectivity index (χ1) is 7.50. The van der Waals surface area contributed by atoms with Gasteiger partial charge in [0.2, 0.25) is 0 Å². The molecule has 0 fully saturated rings. The number of unbranched alkanes of at least 4 members (excludes halogenated alkanes) is 1. The number of rotatable bonds is 5. The summed E-state index contributed by atoms with van der Waals surface area (Å²) >= 11 is 0. The van der Waals surface area contributed by atoms with Gasteiger partial charge in [-0.15, -0.1) is 0 Å². The predicted octanol–water partition coefficient (Wildman–Crippen LogP) is 0.945. The third kappa shape index (κ3) is 3.56. The molecule has 0 unspecified atom stereocenters. The first-order valence-corrected chi connectivity index (χ1v) is 5.60. The standard InChI is InChI=1S/C11H19N3O2/c1-8(2)5-3-4-6-14-9(12)7-10(15)13-11(14)16/h7-8H,3-6,12H2,1-2H3,(H,13,15,16). The SMILES string of the molecule is CC(C)CCCCn1c(N)cc(=O)[nH]c1=O. The van der Waals surface area contributed by atoms with Crippen LogP contribution in [0.3, 0.4) is 0 Å². The zero-order chi connectivity index (χ0) is 12.1. The summed E-state index contributed by atoms with van der Waals surface area (Å²) in [5, 5.41) is 0. The van der Waals surface area contributed by atoms with Crippen molar-refractivity contribution in [1.82, 2.24) is 9.55 Å². The summed E-state index contributed by atoms with van der Waals surface area (Å²) in [5.74, 6) is 0.906. The molecule has 5 heteroatoms. The molecule has 90 valence electrons. The first-order valence-electron chi connectivity index (χ1n) is 5.60. The van der Waals surface area contributed by atoms with Crippen LogP contribution in [0.1, 0.15) is 33.1 Å². The largest absolute Gasteiger partial charge is 0.385 e. The van der Waals surface area contributed by atoms with Crippen LogP contribution in [0.2, 0.25) is 0 Å². The second-order valence-electron chi connectivity index (χ2n) is 4.40. The van der Waals surface area contributed by atoms with E-state index in [9.17, 15) is 9.59 Å². The van der Waals surface area contributed by atoms with E-state index in [0.717, 1.165) is 19.3 Å². The van der Waals surface area contributed by atoms with Crippen molar-refractivity contribution in [3.8, 4) is 0 Å². The summed E-state index contributed by atoms with van der Waals surface area (Å²) in [4.78, 5) is 24.6. The lowest BCUT2D eigenvalue weighted by Crippen LogP contribution is -2.31. The number of aromatic nitrogens is 2. The Morgan fingerprint density at radius 1 is 1.38 bits per heavy atom. The van der Waals surface area contributed by atoms with Crippen LogP contribution in [-0.4, -0.2) is 9.55 Å². The van der Waals surface area contributed by atoms with Crippen molar-refractivity contribution in [3.05, 3.63) is 26.9 Å². The van der Waals surface area contributed by atoms with E-state index in [-0.39, 0.29) is 5.82 Å². The maximum Gasteiger partial charge on any atom is 0.329 e. The monoisotopic (exact) mass is 225 g/mol. The normalized spacial score (nSPS) is 10.9. The highest BCUT2D eigenvalue weighted by molar-refractivity contribution is 5.25. The highest BCUT2D eigenvalue weighted by Crippen LogP contribution is 2.07. The molecule has 0 radical (unpaired) electrons. The molecule has 0 spiro atoms. The molecule has 3 N–H and O–H groups in total. The Hall–Kier alpha value is -1.52. The van der Waals surface area contributed by atoms with Gasteiger partial charge in [-0.2, -0.15) is 0 Å². The predicted molar refractivity (Wildman–Crippen MR) is 64.4 cm³/mol. The molecule has 0 bridgehead atoms. The fourth-order valence-electron chi connectivity index (χ4n) is 1.59. The summed E-state index contributed by atoms with van der Waals surface area (Å²) in [6.45, 7) is 4.90. The van der Waals surface area contributed by atoms with Crippen LogP contribution in [0.15, 0.2) is 15.7 Å². The van der Waals surface area contributed by atoms with E-state index in [1.807, 2.05) is 0 Å². The van der Waals surface area contributed by atoms with Gasteiger partial charge in [-0.25, -0.2) is 4.79 Å². The number of hydrogen-bond donors (Lipinski definition) is 2. The molecular weight excluding hydrogens is 206 g/mol. The zero-order valence-electron chi connectivity index (χ0n) is 9.82. The van der Waals surface area contributed by atoms with E-state index in [1.165, 1.54) is 10.6 Å². The number of nitrogens with one attached hydrogen (secondary N) is 1. The van der Waals surface area contributed by atoms with Crippen molar-refractivity contribution in [1.29, 1.82) is 0 Å². The minimum atomic E-state index is -0.444. The van der Waals surface area contributed by atoms with E-state index in [4.69, 9.17) is 5.73 Å². The third-order valence-corrected chi connectivity index (χ3v) is 2.48. The van der Waals surface area contributed by atoms with Crippen molar-refractivity contribution in [2.75, 3.05) is 5.73 Å². The Balaban J connectivity index is 2.61. The van der Waals surface area contributed by atoms with Gasteiger partial charge in [-0.05, 0) is 12.3 Å². The molecule has 5 nitrogen and oxygen atoms in total. The van der Waals surface area contributed by atoms with Gasteiger partial charge in [0.05, 0.1) is 0 Å². The molecular formula is C11H19N3O2. The molecule has 1 heterocycles. The summed E-state index contributed by atoms with van der Waals surface area (Å²) in [6, 6.07) is 1.24. The van der Waals surface area contributed by atoms with Crippen LogP contribution in [0.25, 0.3) is 0 Å². The number of nitrogens with two attached hydrogens (primary N) is 1. The maximum absolute atomic E-state index is 11.4. The molecule has 1 aromatic rings. The highest BCUT2D eigenvalue weighted by Gasteiger charge is 2.02. The summed E-state index contributed by atoms with van der Waals surface area (Å²) < 4.78 is 1.40. The zero-order valence-corrected chi connectivity index (χ0v) is 9.82. The van der Waals surface area contributed by atoms with Crippen LogP contribution in [-0.2, 0) is 6.54 Å². The number of aromatic amines is 1. The van der Waals surface area contributed by atoms with Crippen LogP contribution in [0, 0.1) is 5.92 Å². The highest BCUT2D eigenvalue weighted by atomic mass is 16.2. The molecule has 1 aromatic heterocycles. The van der Waals surface area contributed by atoms with Crippen LogP contribution >= 0.6 is 0 Å². The average molecular weight is 225 g/mol. The van der Waals surface area contributed by atoms with Crippen molar-refractivity contribution in [2.45, 2.75) is 39.7 Å². The smallest absolute Gasteiger partial charge is 0.329 e. The van der Waals surface area contributed by atoms with Crippen molar-refractivity contribution < 1.29 is 0 Å². The van der Waals surface area contributed by atoms with E-state index in [1.54, 1.807) is 0 Å². The van der Waals surface area contributed by atoms with Gasteiger partial charge in [0.15, 0.2) is 0 Å². The van der Waals surface area contributed by atoms with Crippen molar-refractivity contribution in [2.24, 2.45) is 5.92 Å². The molecule has 16 heavy (non-hydrogen) atoms. The molecule has 0 saturated carbocycles. The lowest BCUT2D eigenvalue weighted by molar-refractivity contribution is 0.503. The number of nitrogen functional groups attached to an aromatic ring is 1. The van der Waals surface area contributed by atoms with Gasteiger partial charge in [0.1, 0.15) is 5.82 Å². The van der Waals surface area contributed by atoms with E-state index in [0.29, 0.717) is 12.5 Å². The quantitative estimate of drug-likeness (QED) is 0.732. The number of hydrogen-bond acceptors (Lipinski definition) is 3. The summed E-state index contributed by atoms with van der Waals surface area (Å²) in [6.07, 6.45) is 3.09. The number of nitrogens with zero attached hydrogens (tertiary/aromatic N) is 1. The lowest BCUT2D eigenvalue weighted by atomic mass is 10.1. The van der Waals surface area contributed by atoms with E-state index < -0.39 is 11.2 Å². The topological polar surface area (TPSA) is 80.9 Å². The molecule has 0 aliphatic heterocycles. The fraction of sp³-hybridized carbons (Fsp3) is 0.636. The van der Waals surface area contributed by atoms with E-state index >= 15 is 0 Å². The Bertz CT molecular complexity index is 445. The number of anilines is 1. The fourth-order valence-corrected chi connectivity index (χ4v) is 1.59. The Morgan fingerprint density at radius 3 is 2.62 bits per heavy atom. The minimum Gasteiger partial charge on any atom is -0.385 e. The van der Waals surface area contributed by atoms with Crippen molar-refractivity contribution >= 4 is 5.82 Å². The molecule has 0 aliphatic carbocycles. The molecule has 0 amide bonds. The van der Waals surface area contributed by atoms with Crippen molar-refractivity contribution in [3.63, 3.8) is 0 Å². The van der Waals surface area contributed by atoms with Gasteiger partial charge in [-0.1, -0.05) is 26.7 Å². The van der Waals surface area contributed by atoms with Crippen LogP contribution < -0.4 is 17.0 Å². The second-order valence-corrected chi connectivity index (χ2v) is 4.40. The third-order valence-electron chi connectivity index (χ3n) is 2.48. The molecule has 0 atom stereocenters. The average Bonchev–Trinajstić information content (AvgIpc) is 2.14. The van der Waals surface area contributed by atoms with Crippen LogP contribution in [0.4, 0.5) is 5.82 Å².